The van der Waals surface area contributed by atoms with Crippen molar-refractivity contribution >= 4 is 37.1 Å². The number of nitrogens with zero attached hydrogens (tertiary/aromatic N) is 4. The third-order valence-corrected chi connectivity index (χ3v) is 8.68. The van der Waals surface area contributed by atoms with Crippen LogP contribution in [0.3, 0.4) is 0 Å². The Labute approximate surface area is 253 Å². The minimum Gasteiger partial charge on any atom is -0.339 e. The molecule has 45 heavy (non-hydrogen) atoms. The van der Waals surface area contributed by atoms with Gasteiger partial charge in [0, 0.05) is 20.0 Å². The molecule has 4 rings (SSSR count). The highest BCUT2D eigenvalue weighted by Gasteiger charge is 2.64. The number of likely N-dealkylation sites (N-methyl/N-ethyl adjacent to an activating group) is 1. The number of anilines is 1. The van der Waals surface area contributed by atoms with Crippen LogP contribution in [-0.2, 0) is 33.7 Å². The molecule has 1 aromatic rings. The predicted octanol–water partition coefficient (Wildman–Crippen LogP) is 1.79. The number of nitriles is 1. The summed E-state index contributed by atoms with van der Waals surface area (Å²) in [6.45, 7) is -0.321. The van der Waals surface area contributed by atoms with Gasteiger partial charge in [-0.05, 0) is 30.9 Å². The van der Waals surface area contributed by atoms with Crippen LogP contribution in [0.1, 0.15) is 38.2 Å². The third-order valence-electron chi connectivity index (χ3n) is 8.22. The second-order valence-corrected chi connectivity index (χ2v) is 12.5. The number of para-hydroxylation sites is 1. The van der Waals surface area contributed by atoms with Crippen molar-refractivity contribution in [1.82, 2.24) is 15.1 Å². The van der Waals surface area contributed by atoms with Crippen LogP contribution < -0.4 is 10.2 Å². The van der Waals surface area contributed by atoms with E-state index < -0.39 is 73.8 Å². The maximum atomic E-state index is 14.0. The molecule has 1 aromatic carbocycles. The van der Waals surface area contributed by atoms with Crippen LogP contribution in [0.15, 0.2) is 24.3 Å². The van der Waals surface area contributed by atoms with Gasteiger partial charge in [-0.1, -0.05) is 31.0 Å². The van der Waals surface area contributed by atoms with Crippen LogP contribution >= 0.6 is 7.82 Å². The number of carbonyl (C=O) groups excluding carboxylic acids is 4. The number of nitrogens with one attached hydrogen (secondary N) is 1. The lowest BCUT2D eigenvalue weighted by Crippen LogP contribution is -2.58. The first-order valence-corrected chi connectivity index (χ1v) is 15.1. The zero-order valence-electron chi connectivity index (χ0n) is 23.8. The molecule has 19 heteroatoms. The van der Waals surface area contributed by atoms with E-state index in [0.717, 1.165) is 28.7 Å². The fourth-order valence-electron chi connectivity index (χ4n) is 5.68. The van der Waals surface area contributed by atoms with Gasteiger partial charge in [0.05, 0.1) is 17.2 Å². The molecule has 2 fully saturated rings. The second-order valence-electron chi connectivity index (χ2n) is 11.3. The molecule has 2 aliphatic heterocycles. The number of amides is 4. The average molecular weight is 666 g/mol. The summed E-state index contributed by atoms with van der Waals surface area (Å²) in [7, 11) is -3.88. The van der Waals surface area contributed by atoms with Crippen molar-refractivity contribution in [2.24, 2.45) is 5.92 Å². The van der Waals surface area contributed by atoms with E-state index in [1.807, 2.05) is 6.07 Å². The van der Waals surface area contributed by atoms with Gasteiger partial charge in [-0.15, -0.1) is 0 Å². The van der Waals surface area contributed by atoms with E-state index in [9.17, 15) is 60.7 Å². The zero-order chi connectivity index (χ0) is 33.7. The molecule has 1 spiro atoms. The number of carbonyl (C=O) groups is 4. The maximum absolute atomic E-state index is 14.0. The molecule has 0 radical (unpaired) electrons. The maximum Gasteiger partial charge on any atom is 0.471 e. The number of hydrogen-bond acceptors (Lipinski definition) is 7. The summed E-state index contributed by atoms with van der Waals surface area (Å²) in [5.41, 5.74) is -0.920. The van der Waals surface area contributed by atoms with Gasteiger partial charge in [0.2, 0.25) is 17.7 Å². The van der Waals surface area contributed by atoms with E-state index in [-0.39, 0.29) is 31.0 Å². The smallest absolute Gasteiger partial charge is 0.339 e. The Kier molecular flexibility index (Phi) is 9.08. The summed E-state index contributed by atoms with van der Waals surface area (Å²) < 4.78 is 80.8. The average Bonchev–Trinajstić information content (AvgIpc) is 3.65. The van der Waals surface area contributed by atoms with E-state index in [1.54, 1.807) is 18.2 Å². The van der Waals surface area contributed by atoms with Crippen LogP contribution in [0.5, 0.6) is 0 Å². The monoisotopic (exact) mass is 665 g/mol. The lowest BCUT2D eigenvalue weighted by atomic mass is 9.79. The highest BCUT2D eigenvalue weighted by atomic mass is 31.2. The molecule has 2 heterocycles. The van der Waals surface area contributed by atoms with E-state index in [4.69, 9.17) is 0 Å². The van der Waals surface area contributed by atoms with Crippen LogP contribution in [0.25, 0.3) is 0 Å². The minimum absolute atomic E-state index is 0.0418. The van der Waals surface area contributed by atoms with Gasteiger partial charge in [-0.3, -0.25) is 28.6 Å². The number of rotatable bonds is 10. The van der Waals surface area contributed by atoms with Gasteiger partial charge >= 0.3 is 25.8 Å². The Morgan fingerprint density at radius 1 is 1.22 bits per heavy atom. The Hall–Kier alpha value is -3.65. The third kappa shape index (κ3) is 6.53. The topological polar surface area (TPSA) is 181 Å². The molecule has 1 saturated heterocycles. The van der Waals surface area contributed by atoms with Crippen LogP contribution in [0.4, 0.5) is 27.6 Å². The van der Waals surface area contributed by atoms with E-state index >= 15 is 0 Å². The van der Waals surface area contributed by atoms with Crippen molar-refractivity contribution in [2.45, 2.75) is 68.2 Å². The first-order chi connectivity index (χ1) is 20.7. The van der Waals surface area contributed by atoms with Gasteiger partial charge < -0.3 is 24.9 Å². The number of phosphoric acid groups is 1. The normalized spacial score (nSPS) is 23.0. The SMILES string of the molecule is C[C@H](NC(=O)C(F)(F)C(F)(F)F)C(=O)N(C)[C@@H](CC1CC1)C(=O)N1C[C@]2(C[C@H]1C#N)C(=O)N(COP(=O)(O)O)c1ccccc12. The highest BCUT2D eigenvalue weighted by molar-refractivity contribution is 7.46. The number of benzene rings is 1. The molecule has 13 nitrogen and oxygen atoms in total. The molecule has 1 aliphatic carbocycles. The number of alkyl halides is 5. The molecular formula is C26H29F5N5O8P. The Morgan fingerprint density at radius 3 is 2.40 bits per heavy atom. The molecule has 0 bridgehead atoms. The van der Waals surface area contributed by atoms with Crippen LogP contribution in [0.2, 0.25) is 0 Å². The van der Waals surface area contributed by atoms with Crippen molar-refractivity contribution in [3.63, 3.8) is 0 Å². The van der Waals surface area contributed by atoms with Gasteiger partial charge in [0.15, 0.2) is 0 Å². The fourth-order valence-corrected chi connectivity index (χ4v) is 5.95. The summed E-state index contributed by atoms with van der Waals surface area (Å²) in [6, 6.07) is 3.73. The van der Waals surface area contributed by atoms with Crippen molar-refractivity contribution in [3.05, 3.63) is 29.8 Å². The second kappa shape index (κ2) is 11.9. The summed E-state index contributed by atoms with van der Waals surface area (Å²) >= 11 is 0. The summed E-state index contributed by atoms with van der Waals surface area (Å²) in [5, 5.41) is 11.4. The largest absolute Gasteiger partial charge is 0.471 e. The number of likely N-dealkylation sites (tertiary alicyclic amines) is 1. The van der Waals surface area contributed by atoms with Crippen LogP contribution in [0, 0.1) is 17.2 Å². The van der Waals surface area contributed by atoms with Crippen molar-refractivity contribution in [3.8, 4) is 6.07 Å². The number of halogens is 5. The zero-order valence-corrected chi connectivity index (χ0v) is 24.7. The molecule has 4 atom stereocenters. The molecule has 0 unspecified atom stereocenters. The standard InChI is InChI=1S/C26H29F5N5O8P/c1-14(33-22(39)25(27,28)26(29,30)31)20(37)34(2)19(9-15-7-8-15)21(38)35-12-24(10-16(35)11-32)17-5-3-4-6-18(17)36(23(24)40)13-44-45(41,42)43/h3-6,14-16,19H,7-10,12-13H2,1-2H3,(H,33,39)(H2,41,42,43)/t14-,16-,19-,24-/m0/s1. The summed E-state index contributed by atoms with van der Waals surface area (Å²) in [6.07, 6.45) is -5.01. The molecular weight excluding hydrogens is 636 g/mol. The lowest BCUT2D eigenvalue weighted by Gasteiger charge is -2.34. The van der Waals surface area contributed by atoms with E-state index in [0.29, 0.717) is 18.4 Å². The Bertz CT molecular complexity index is 1480. The van der Waals surface area contributed by atoms with Gasteiger partial charge in [0.1, 0.15) is 24.9 Å². The predicted molar refractivity (Wildman–Crippen MR) is 142 cm³/mol. The van der Waals surface area contributed by atoms with Crippen molar-refractivity contribution in [1.29, 1.82) is 5.26 Å². The quantitative estimate of drug-likeness (QED) is 0.248. The minimum atomic E-state index is -6.21. The van der Waals surface area contributed by atoms with Crippen molar-refractivity contribution < 1.29 is 60.0 Å². The van der Waals surface area contributed by atoms with Crippen molar-refractivity contribution in [2.75, 3.05) is 25.2 Å². The number of fused-ring (bicyclic) bond motifs is 2. The first-order valence-electron chi connectivity index (χ1n) is 13.6. The van der Waals surface area contributed by atoms with E-state index in [2.05, 4.69) is 4.52 Å². The molecule has 1 saturated carbocycles. The van der Waals surface area contributed by atoms with Gasteiger partial charge in [-0.2, -0.15) is 27.2 Å². The summed E-state index contributed by atoms with van der Waals surface area (Å²) in [5.74, 6) is -11.2. The molecule has 246 valence electrons. The number of hydrogen-bond donors (Lipinski definition) is 3. The highest BCUT2D eigenvalue weighted by Crippen LogP contribution is 2.50. The molecule has 0 aromatic heterocycles. The summed E-state index contributed by atoms with van der Waals surface area (Å²) in [4.78, 5) is 73.9. The van der Waals surface area contributed by atoms with Crippen LogP contribution in [-0.4, -0.2) is 93.8 Å². The first kappa shape index (κ1) is 34.2. The molecule has 3 N–H and O–H groups in total. The Balaban J connectivity index is 1.59. The number of phosphoric ester groups is 1. The van der Waals surface area contributed by atoms with E-state index in [1.165, 1.54) is 11.4 Å². The molecule has 3 aliphatic rings. The van der Waals surface area contributed by atoms with Gasteiger partial charge in [0.25, 0.3) is 0 Å². The lowest BCUT2D eigenvalue weighted by molar-refractivity contribution is -0.270. The molecule has 4 amide bonds. The Morgan fingerprint density at radius 2 is 1.84 bits per heavy atom. The van der Waals surface area contributed by atoms with Gasteiger partial charge in [-0.25, -0.2) is 4.57 Å². The fraction of sp³-hybridized carbons (Fsp3) is 0.577.